The standard InChI is InChI=1S/C14H17F4NO2/c15-12-7-9(1-3-11(12)14(16,17)18)13-4-2-10(21-13)8-19-5-6-20/h1,3,7,10,13,19-20H,2,4-6,8H2/t10-,13+/m0/s1. The van der Waals surface area contributed by atoms with Crippen molar-refractivity contribution in [3.63, 3.8) is 0 Å². The normalized spacial score (nSPS) is 22.7. The number of nitrogens with one attached hydrogen (secondary N) is 1. The van der Waals surface area contributed by atoms with Crippen LogP contribution in [0.25, 0.3) is 0 Å². The summed E-state index contributed by atoms with van der Waals surface area (Å²) in [5, 5.41) is 11.6. The van der Waals surface area contributed by atoms with Crippen LogP contribution in [0.2, 0.25) is 0 Å². The van der Waals surface area contributed by atoms with Gasteiger partial charge in [-0.3, -0.25) is 0 Å². The van der Waals surface area contributed by atoms with Gasteiger partial charge in [0.15, 0.2) is 0 Å². The number of aliphatic hydroxyl groups is 1. The summed E-state index contributed by atoms with van der Waals surface area (Å²) in [6.07, 6.45) is -3.77. The van der Waals surface area contributed by atoms with Crippen molar-refractivity contribution < 1.29 is 27.4 Å². The zero-order valence-corrected chi connectivity index (χ0v) is 11.3. The van der Waals surface area contributed by atoms with Gasteiger partial charge >= 0.3 is 6.18 Å². The largest absolute Gasteiger partial charge is 0.419 e. The lowest BCUT2D eigenvalue weighted by Crippen LogP contribution is -2.28. The minimum absolute atomic E-state index is 0.0280. The molecule has 1 aromatic carbocycles. The van der Waals surface area contributed by atoms with Gasteiger partial charge < -0.3 is 15.2 Å². The van der Waals surface area contributed by atoms with Crippen LogP contribution in [0, 0.1) is 5.82 Å². The van der Waals surface area contributed by atoms with Gasteiger partial charge in [-0.25, -0.2) is 4.39 Å². The average Bonchev–Trinajstić information content (AvgIpc) is 2.86. The molecule has 0 aromatic heterocycles. The molecule has 0 saturated carbocycles. The van der Waals surface area contributed by atoms with Crippen molar-refractivity contribution in [1.82, 2.24) is 5.32 Å². The van der Waals surface area contributed by atoms with Crippen molar-refractivity contribution in [1.29, 1.82) is 0 Å². The highest BCUT2D eigenvalue weighted by atomic mass is 19.4. The maximum atomic E-state index is 13.5. The summed E-state index contributed by atoms with van der Waals surface area (Å²) in [6.45, 7) is 1.04. The molecule has 1 aromatic rings. The second kappa shape index (κ2) is 6.72. The van der Waals surface area contributed by atoms with Gasteiger partial charge in [0, 0.05) is 13.1 Å². The van der Waals surface area contributed by atoms with Gasteiger partial charge in [0.05, 0.1) is 24.4 Å². The van der Waals surface area contributed by atoms with Crippen LogP contribution in [0.4, 0.5) is 17.6 Å². The molecule has 1 aliphatic rings. The molecule has 21 heavy (non-hydrogen) atoms. The fraction of sp³-hybridized carbons (Fsp3) is 0.571. The molecule has 3 nitrogen and oxygen atoms in total. The van der Waals surface area contributed by atoms with Crippen LogP contribution in [0.1, 0.15) is 30.1 Å². The highest BCUT2D eigenvalue weighted by molar-refractivity contribution is 5.28. The SMILES string of the molecule is OCCNC[C@@H]1CC[C@H](c2ccc(C(F)(F)F)c(F)c2)O1. The summed E-state index contributed by atoms with van der Waals surface area (Å²) in [7, 11) is 0. The van der Waals surface area contributed by atoms with Crippen LogP contribution in [-0.2, 0) is 10.9 Å². The zero-order valence-electron chi connectivity index (χ0n) is 11.3. The predicted octanol–water partition coefficient (Wildman–Crippen LogP) is 2.65. The molecule has 0 bridgehead atoms. The Hall–Kier alpha value is -1.18. The molecule has 0 radical (unpaired) electrons. The van der Waals surface area contributed by atoms with E-state index in [0.717, 1.165) is 18.6 Å². The monoisotopic (exact) mass is 307 g/mol. The molecule has 0 unspecified atom stereocenters. The van der Waals surface area contributed by atoms with Gasteiger partial charge in [-0.1, -0.05) is 6.07 Å². The summed E-state index contributed by atoms with van der Waals surface area (Å²) < 4.78 is 56.7. The van der Waals surface area contributed by atoms with E-state index >= 15 is 0 Å². The van der Waals surface area contributed by atoms with Crippen LogP contribution in [0.5, 0.6) is 0 Å². The lowest BCUT2D eigenvalue weighted by Gasteiger charge is -2.16. The number of ether oxygens (including phenoxy) is 1. The molecular formula is C14H17F4NO2. The molecule has 118 valence electrons. The van der Waals surface area contributed by atoms with Crippen molar-refractivity contribution in [2.45, 2.75) is 31.2 Å². The minimum atomic E-state index is -4.68. The van der Waals surface area contributed by atoms with E-state index in [9.17, 15) is 17.6 Å². The van der Waals surface area contributed by atoms with E-state index in [1.807, 2.05) is 0 Å². The van der Waals surface area contributed by atoms with E-state index in [2.05, 4.69) is 5.32 Å². The van der Waals surface area contributed by atoms with Crippen molar-refractivity contribution in [3.8, 4) is 0 Å². The number of hydrogen-bond acceptors (Lipinski definition) is 3. The number of hydrogen-bond donors (Lipinski definition) is 2. The minimum Gasteiger partial charge on any atom is -0.395 e. The first kappa shape index (κ1) is 16.2. The van der Waals surface area contributed by atoms with Gasteiger partial charge in [0.1, 0.15) is 5.82 Å². The number of halogens is 4. The summed E-state index contributed by atoms with van der Waals surface area (Å²) in [5.74, 6) is -1.27. The summed E-state index contributed by atoms with van der Waals surface area (Å²) >= 11 is 0. The number of benzene rings is 1. The van der Waals surface area contributed by atoms with E-state index in [4.69, 9.17) is 9.84 Å². The topological polar surface area (TPSA) is 41.5 Å². The Bertz CT molecular complexity index is 479. The number of alkyl halides is 3. The van der Waals surface area contributed by atoms with E-state index < -0.39 is 17.6 Å². The molecule has 2 N–H and O–H groups in total. The van der Waals surface area contributed by atoms with E-state index in [-0.39, 0.29) is 18.8 Å². The summed E-state index contributed by atoms with van der Waals surface area (Å²) in [5.41, 5.74) is -0.837. The molecule has 0 spiro atoms. The van der Waals surface area contributed by atoms with Gasteiger partial charge in [0.25, 0.3) is 0 Å². The Balaban J connectivity index is 1.99. The molecule has 2 atom stereocenters. The Kier molecular flexibility index (Phi) is 5.18. The number of rotatable bonds is 5. The third-order valence-electron chi connectivity index (χ3n) is 3.44. The molecule has 7 heteroatoms. The smallest absolute Gasteiger partial charge is 0.395 e. The van der Waals surface area contributed by atoms with E-state index in [1.165, 1.54) is 6.07 Å². The van der Waals surface area contributed by atoms with Gasteiger partial charge in [-0.2, -0.15) is 13.2 Å². The molecule has 0 aliphatic carbocycles. The molecule has 1 fully saturated rings. The lowest BCUT2D eigenvalue weighted by molar-refractivity contribution is -0.140. The average molecular weight is 307 g/mol. The Labute approximate surface area is 119 Å². The van der Waals surface area contributed by atoms with Crippen molar-refractivity contribution in [2.75, 3.05) is 19.7 Å². The van der Waals surface area contributed by atoms with Gasteiger partial charge in [0.2, 0.25) is 0 Å². The molecule has 1 aliphatic heterocycles. The summed E-state index contributed by atoms with van der Waals surface area (Å²) in [6, 6.07) is 2.92. The van der Waals surface area contributed by atoms with Crippen LogP contribution >= 0.6 is 0 Å². The van der Waals surface area contributed by atoms with E-state index in [1.54, 1.807) is 0 Å². The van der Waals surface area contributed by atoms with Crippen LogP contribution in [-0.4, -0.2) is 30.9 Å². The van der Waals surface area contributed by atoms with Crippen molar-refractivity contribution in [2.24, 2.45) is 0 Å². The molecule has 0 amide bonds. The van der Waals surface area contributed by atoms with Crippen LogP contribution < -0.4 is 5.32 Å². The summed E-state index contributed by atoms with van der Waals surface area (Å²) in [4.78, 5) is 0. The van der Waals surface area contributed by atoms with E-state index in [0.29, 0.717) is 25.1 Å². The third-order valence-corrected chi connectivity index (χ3v) is 3.44. The Morgan fingerprint density at radius 1 is 1.29 bits per heavy atom. The first-order chi connectivity index (χ1) is 9.91. The van der Waals surface area contributed by atoms with Gasteiger partial charge in [-0.15, -0.1) is 0 Å². The molecular weight excluding hydrogens is 290 g/mol. The van der Waals surface area contributed by atoms with Crippen LogP contribution in [0.15, 0.2) is 18.2 Å². The maximum absolute atomic E-state index is 13.5. The molecule has 2 rings (SSSR count). The highest BCUT2D eigenvalue weighted by Crippen LogP contribution is 2.36. The fourth-order valence-corrected chi connectivity index (χ4v) is 2.40. The molecule has 1 saturated heterocycles. The third kappa shape index (κ3) is 4.15. The van der Waals surface area contributed by atoms with Crippen molar-refractivity contribution >= 4 is 0 Å². The highest BCUT2D eigenvalue weighted by Gasteiger charge is 2.35. The quantitative estimate of drug-likeness (QED) is 0.649. The second-order valence-electron chi connectivity index (χ2n) is 4.99. The Morgan fingerprint density at radius 2 is 2.05 bits per heavy atom. The van der Waals surface area contributed by atoms with Crippen LogP contribution in [0.3, 0.4) is 0 Å². The first-order valence-electron chi connectivity index (χ1n) is 6.75. The predicted molar refractivity (Wildman–Crippen MR) is 68.2 cm³/mol. The maximum Gasteiger partial charge on any atom is 0.419 e. The van der Waals surface area contributed by atoms with Crippen molar-refractivity contribution in [3.05, 3.63) is 35.1 Å². The second-order valence-corrected chi connectivity index (χ2v) is 4.99. The fourth-order valence-electron chi connectivity index (χ4n) is 2.40. The number of aliphatic hydroxyl groups excluding tert-OH is 1. The Morgan fingerprint density at radius 3 is 2.67 bits per heavy atom. The lowest BCUT2D eigenvalue weighted by atomic mass is 10.0. The zero-order chi connectivity index (χ0) is 15.5. The first-order valence-corrected chi connectivity index (χ1v) is 6.75. The molecule has 1 heterocycles. The van der Waals surface area contributed by atoms with Gasteiger partial charge in [-0.05, 0) is 30.5 Å².